The maximum atomic E-state index is 12.7. The first kappa shape index (κ1) is 19.0. The van der Waals surface area contributed by atoms with Gasteiger partial charge in [-0.15, -0.1) is 0 Å². The molecule has 3 N–H and O–H groups in total. The van der Waals surface area contributed by atoms with E-state index in [9.17, 15) is 22.4 Å². The van der Waals surface area contributed by atoms with Crippen molar-refractivity contribution in [2.24, 2.45) is 0 Å². The summed E-state index contributed by atoms with van der Waals surface area (Å²) in [6.07, 6.45) is 0. The lowest BCUT2D eigenvalue weighted by Crippen LogP contribution is -2.41. The zero-order valence-electron chi connectivity index (χ0n) is 12.6. The lowest BCUT2D eigenvalue weighted by molar-refractivity contribution is -0.130. The van der Waals surface area contributed by atoms with Crippen LogP contribution in [0.4, 0.5) is 4.39 Å². The zero-order valence-corrected chi connectivity index (χ0v) is 13.4. The number of halogens is 1. The lowest BCUT2D eigenvalue weighted by Gasteiger charge is -2.10. The number of rotatable bonds is 8. The third kappa shape index (κ3) is 7.17. The van der Waals surface area contributed by atoms with Crippen molar-refractivity contribution in [1.29, 1.82) is 0 Å². The predicted octanol–water partition coefficient (Wildman–Crippen LogP) is -0.324. The summed E-state index contributed by atoms with van der Waals surface area (Å²) in [7, 11) is -4.02. The Morgan fingerprint density at radius 3 is 2.35 bits per heavy atom. The Balaban J connectivity index is 2.36. The molecule has 0 aliphatic carbocycles. The molecule has 23 heavy (non-hydrogen) atoms. The van der Waals surface area contributed by atoms with E-state index in [0.29, 0.717) is 0 Å². The Bertz CT molecular complexity index is 646. The number of hydrogen-bond acceptors (Lipinski definition) is 5. The Hall–Kier alpha value is -2.04. The van der Waals surface area contributed by atoms with E-state index >= 15 is 0 Å². The van der Waals surface area contributed by atoms with Gasteiger partial charge in [0.25, 0.3) is 10.0 Å². The van der Waals surface area contributed by atoms with E-state index < -0.39 is 28.4 Å². The lowest BCUT2D eigenvalue weighted by atomic mass is 10.4. The van der Waals surface area contributed by atoms with Crippen LogP contribution in [0.25, 0.3) is 0 Å². The number of nitrogens with one attached hydrogen (secondary N) is 3. The molecule has 0 fully saturated rings. The van der Waals surface area contributed by atoms with Crippen LogP contribution in [0.15, 0.2) is 29.2 Å². The molecule has 1 rings (SSSR count). The van der Waals surface area contributed by atoms with Crippen LogP contribution >= 0.6 is 0 Å². The molecule has 0 radical (unpaired) electrons. The molecule has 128 valence electrons. The number of carbonyl (C=O) groups excluding carboxylic acids is 2. The minimum atomic E-state index is -4.02. The maximum Gasteiger partial charge on any atom is 0.262 e. The topological polar surface area (TPSA) is 114 Å². The molecule has 1 aromatic rings. The van der Waals surface area contributed by atoms with Crippen LogP contribution in [0, 0.1) is 5.82 Å². The van der Waals surface area contributed by atoms with Crippen molar-refractivity contribution in [1.82, 2.24) is 15.5 Å². The SMILES string of the molecule is CC(C)NC(=O)CNC(=O)CONS(=O)(=O)c1ccc(F)cc1. The summed E-state index contributed by atoms with van der Waals surface area (Å²) < 4.78 is 36.2. The second-order valence-electron chi connectivity index (χ2n) is 4.83. The summed E-state index contributed by atoms with van der Waals surface area (Å²) in [4.78, 5) is 28.8. The maximum absolute atomic E-state index is 12.7. The molecule has 0 aromatic heterocycles. The predicted molar refractivity (Wildman–Crippen MR) is 79.0 cm³/mol. The minimum absolute atomic E-state index is 0.0572. The summed E-state index contributed by atoms with van der Waals surface area (Å²) in [6, 6.07) is 4.01. The molecule has 1 aromatic carbocycles. The molecule has 0 saturated carbocycles. The molecule has 10 heteroatoms. The van der Waals surface area contributed by atoms with E-state index in [-0.39, 0.29) is 23.4 Å². The van der Waals surface area contributed by atoms with Gasteiger partial charge in [0.05, 0.1) is 11.4 Å². The summed E-state index contributed by atoms with van der Waals surface area (Å²) in [6.45, 7) is 2.68. The van der Waals surface area contributed by atoms with Gasteiger partial charge in [0.1, 0.15) is 12.4 Å². The fourth-order valence-electron chi connectivity index (χ4n) is 1.44. The van der Waals surface area contributed by atoms with E-state index in [0.717, 1.165) is 24.3 Å². The molecule has 0 aliphatic heterocycles. The van der Waals surface area contributed by atoms with Gasteiger partial charge in [-0.1, -0.05) is 4.89 Å². The highest BCUT2D eigenvalue weighted by Crippen LogP contribution is 2.09. The second kappa shape index (κ2) is 8.56. The van der Waals surface area contributed by atoms with E-state index in [1.165, 1.54) is 0 Å². The monoisotopic (exact) mass is 347 g/mol. The Labute approximate surface area is 133 Å². The van der Waals surface area contributed by atoms with E-state index in [1.807, 2.05) is 0 Å². The van der Waals surface area contributed by atoms with Gasteiger partial charge in [-0.3, -0.25) is 14.4 Å². The molecule has 0 heterocycles. The van der Waals surface area contributed by atoms with Crippen molar-refractivity contribution < 1.29 is 27.2 Å². The first-order valence-corrected chi connectivity index (χ1v) is 8.14. The molecule has 0 saturated heterocycles. The summed E-state index contributed by atoms with van der Waals surface area (Å²) in [5.41, 5.74) is 0. The standard InChI is InChI=1S/C13H18FN3O5S/c1-9(2)16-12(18)7-15-13(19)8-22-17-23(20,21)11-5-3-10(14)4-6-11/h3-6,9,17H,7-8H2,1-2H3,(H,15,19)(H,16,18). The molecular weight excluding hydrogens is 329 g/mol. The molecule has 0 unspecified atom stereocenters. The Morgan fingerprint density at radius 1 is 1.17 bits per heavy atom. The molecule has 0 bridgehead atoms. The number of amides is 2. The highest BCUT2D eigenvalue weighted by atomic mass is 32.2. The summed E-state index contributed by atoms with van der Waals surface area (Å²) in [5.74, 6) is -1.63. The fraction of sp³-hybridized carbons (Fsp3) is 0.385. The average Bonchev–Trinajstić information content (AvgIpc) is 2.44. The van der Waals surface area contributed by atoms with Gasteiger partial charge in [-0.05, 0) is 38.1 Å². The van der Waals surface area contributed by atoms with E-state index in [4.69, 9.17) is 0 Å². The average molecular weight is 347 g/mol. The van der Waals surface area contributed by atoms with Crippen molar-refractivity contribution in [3.05, 3.63) is 30.1 Å². The van der Waals surface area contributed by atoms with Gasteiger partial charge in [0, 0.05) is 6.04 Å². The first-order valence-electron chi connectivity index (χ1n) is 6.66. The molecule has 2 amide bonds. The van der Waals surface area contributed by atoms with Gasteiger partial charge in [-0.2, -0.15) is 0 Å². The van der Waals surface area contributed by atoms with Crippen LogP contribution in [-0.2, 0) is 24.4 Å². The van der Waals surface area contributed by atoms with Gasteiger partial charge in [-0.25, -0.2) is 12.8 Å². The Kier molecular flexibility index (Phi) is 7.07. The van der Waals surface area contributed by atoms with Gasteiger partial charge < -0.3 is 10.6 Å². The third-order valence-electron chi connectivity index (χ3n) is 2.39. The molecule has 0 aliphatic rings. The number of benzene rings is 1. The third-order valence-corrected chi connectivity index (χ3v) is 3.62. The Morgan fingerprint density at radius 2 is 1.78 bits per heavy atom. The van der Waals surface area contributed by atoms with Crippen LogP contribution in [0.5, 0.6) is 0 Å². The van der Waals surface area contributed by atoms with Crippen LogP contribution in [0.3, 0.4) is 0 Å². The van der Waals surface area contributed by atoms with Crippen LogP contribution in [0.2, 0.25) is 0 Å². The molecule has 8 nitrogen and oxygen atoms in total. The minimum Gasteiger partial charge on any atom is -0.352 e. The second-order valence-corrected chi connectivity index (χ2v) is 6.47. The van der Waals surface area contributed by atoms with Crippen molar-refractivity contribution in [2.75, 3.05) is 13.2 Å². The van der Waals surface area contributed by atoms with Crippen molar-refractivity contribution in [3.8, 4) is 0 Å². The smallest absolute Gasteiger partial charge is 0.262 e. The number of sulfonamides is 1. The molecular formula is C13H18FN3O5S. The van der Waals surface area contributed by atoms with Gasteiger partial charge >= 0.3 is 0 Å². The van der Waals surface area contributed by atoms with Crippen molar-refractivity contribution in [2.45, 2.75) is 24.8 Å². The quantitative estimate of drug-likeness (QED) is 0.558. The van der Waals surface area contributed by atoms with E-state index in [2.05, 4.69) is 15.5 Å². The highest BCUT2D eigenvalue weighted by molar-refractivity contribution is 7.89. The zero-order chi connectivity index (χ0) is 17.5. The number of hydrogen-bond donors (Lipinski definition) is 3. The van der Waals surface area contributed by atoms with Crippen LogP contribution in [0.1, 0.15) is 13.8 Å². The largest absolute Gasteiger partial charge is 0.352 e. The summed E-state index contributed by atoms with van der Waals surface area (Å²) >= 11 is 0. The van der Waals surface area contributed by atoms with Crippen molar-refractivity contribution >= 4 is 21.8 Å². The first-order chi connectivity index (χ1) is 10.7. The van der Waals surface area contributed by atoms with Gasteiger partial charge in [0.15, 0.2) is 0 Å². The summed E-state index contributed by atoms with van der Waals surface area (Å²) in [5, 5.41) is 4.83. The van der Waals surface area contributed by atoms with E-state index in [1.54, 1.807) is 18.7 Å². The van der Waals surface area contributed by atoms with Crippen molar-refractivity contribution in [3.63, 3.8) is 0 Å². The fourth-order valence-corrected chi connectivity index (χ4v) is 2.24. The normalized spacial score (nSPS) is 11.3. The van der Waals surface area contributed by atoms with Gasteiger partial charge in [0.2, 0.25) is 11.8 Å². The number of carbonyl (C=O) groups is 2. The molecule has 0 spiro atoms. The molecule has 0 atom stereocenters. The van der Waals surface area contributed by atoms with Crippen LogP contribution in [-0.4, -0.2) is 39.4 Å². The highest BCUT2D eigenvalue weighted by Gasteiger charge is 2.15. The van der Waals surface area contributed by atoms with Crippen LogP contribution < -0.4 is 15.5 Å².